The van der Waals surface area contributed by atoms with Crippen LogP contribution in [-0.4, -0.2) is 69.7 Å². The van der Waals surface area contributed by atoms with Gasteiger partial charge in [-0.15, -0.1) is 0 Å². The van der Waals surface area contributed by atoms with Crippen LogP contribution in [0.4, 0.5) is 0 Å². The summed E-state index contributed by atoms with van der Waals surface area (Å²) in [7, 11) is 2.29. The molecular weight excluding hydrogens is 406 g/mol. The quantitative estimate of drug-likeness (QED) is 0.324. The lowest BCUT2D eigenvalue weighted by molar-refractivity contribution is -0.138. The van der Waals surface area contributed by atoms with Crippen LogP contribution in [0.5, 0.6) is 0 Å². The minimum absolute atomic E-state index is 0.0116. The zero-order valence-corrected chi connectivity index (χ0v) is 18.8. The number of nitrogens with two attached hydrogens (primary N) is 2. The lowest BCUT2D eigenvalue weighted by Crippen LogP contribution is -2.29. The molecule has 1 heterocycles. The number of hydrogen-bond donors (Lipinski definition) is 5. The molecule has 2 aromatic rings. The molecule has 1 atom stereocenters. The van der Waals surface area contributed by atoms with Crippen LogP contribution in [0.15, 0.2) is 24.4 Å². The number of nitrogens with zero attached hydrogens (tertiary/aromatic N) is 1. The second-order valence-corrected chi connectivity index (χ2v) is 9.37. The minimum atomic E-state index is -3.23. The summed E-state index contributed by atoms with van der Waals surface area (Å²) in [5, 5.41) is 9.43. The molecule has 0 saturated heterocycles. The number of sulfonamides is 1. The van der Waals surface area contributed by atoms with E-state index in [1.807, 2.05) is 38.5 Å². The van der Waals surface area contributed by atoms with Crippen LogP contribution in [0.1, 0.15) is 30.4 Å². The average molecular weight is 442 g/mol. The number of aromatic amines is 1. The number of aliphatic carboxylic acids is 1. The fraction of sp³-hybridized carbons (Fsp3) is 0.550. The molecule has 0 fully saturated rings. The minimum Gasteiger partial charge on any atom is -0.480 e. The van der Waals surface area contributed by atoms with Crippen molar-refractivity contribution in [1.29, 1.82) is 0 Å². The first-order valence-electron chi connectivity index (χ1n) is 9.93. The molecule has 0 unspecified atom stereocenters. The lowest BCUT2D eigenvalue weighted by atomic mass is 10.1. The van der Waals surface area contributed by atoms with Gasteiger partial charge in [0.15, 0.2) is 0 Å². The van der Waals surface area contributed by atoms with Crippen molar-refractivity contribution in [3.05, 3.63) is 35.5 Å². The lowest BCUT2D eigenvalue weighted by Gasteiger charge is -2.08. The SMILES string of the molecule is CNS(=O)(=O)Cc1ccc2[nH]cc(CCN(C)C)c2c1.NCCCC[C@H](N)C(=O)O. The molecule has 0 aliphatic carbocycles. The maximum atomic E-state index is 11.6. The Morgan fingerprint density at radius 2 is 2.00 bits per heavy atom. The van der Waals surface area contributed by atoms with E-state index in [2.05, 4.69) is 14.6 Å². The van der Waals surface area contributed by atoms with E-state index in [9.17, 15) is 13.2 Å². The molecule has 0 bridgehead atoms. The molecule has 30 heavy (non-hydrogen) atoms. The topological polar surface area (TPSA) is 155 Å². The first kappa shape index (κ1) is 26.1. The zero-order chi connectivity index (χ0) is 22.7. The summed E-state index contributed by atoms with van der Waals surface area (Å²) in [4.78, 5) is 15.5. The van der Waals surface area contributed by atoms with Gasteiger partial charge in [-0.05, 0) is 70.2 Å². The molecule has 0 aliphatic rings. The van der Waals surface area contributed by atoms with E-state index in [0.29, 0.717) is 13.0 Å². The van der Waals surface area contributed by atoms with E-state index in [1.165, 1.54) is 12.6 Å². The number of carboxylic acid groups (broad SMARTS) is 1. The van der Waals surface area contributed by atoms with Gasteiger partial charge < -0.3 is 26.5 Å². The first-order valence-corrected chi connectivity index (χ1v) is 11.6. The molecule has 9 nitrogen and oxygen atoms in total. The summed E-state index contributed by atoms with van der Waals surface area (Å²) >= 11 is 0. The molecular formula is C20H35N5O4S. The number of rotatable bonds is 11. The van der Waals surface area contributed by atoms with E-state index < -0.39 is 22.0 Å². The van der Waals surface area contributed by atoms with Gasteiger partial charge >= 0.3 is 5.97 Å². The summed E-state index contributed by atoms with van der Waals surface area (Å²) in [6.07, 6.45) is 5.11. The van der Waals surface area contributed by atoms with Crippen molar-refractivity contribution in [2.24, 2.45) is 11.5 Å². The van der Waals surface area contributed by atoms with Crippen LogP contribution in [0.2, 0.25) is 0 Å². The third-order valence-corrected chi connectivity index (χ3v) is 5.95. The van der Waals surface area contributed by atoms with Gasteiger partial charge in [0.25, 0.3) is 0 Å². The van der Waals surface area contributed by atoms with Crippen LogP contribution in [-0.2, 0) is 27.0 Å². The number of hydrogen-bond acceptors (Lipinski definition) is 6. The second-order valence-electron chi connectivity index (χ2n) is 7.44. The monoisotopic (exact) mass is 441 g/mol. The van der Waals surface area contributed by atoms with E-state index >= 15 is 0 Å². The van der Waals surface area contributed by atoms with Gasteiger partial charge in [-0.25, -0.2) is 13.1 Å². The maximum Gasteiger partial charge on any atom is 0.320 e. The number of aromatic nitrogens is 1. The van der Waals surface area contributed by atoms with Gasteiger partial charge in [0.1, 0.15) is 6.04 Å². The van der Waals surface area contributed by atoms with E-state index in [1.54, 1.807) is 0 Å². The van der Waals surface area contributed by atoms with Crippen LogP contribution in [0.3, 0.4) is 0 Å². The molecule has 0 saturated carbocycles. The molecule has 1 aromatic heterocycles. The molecule has 1 aromatic carbocycles. The Morgan fingerprint density at radius 3 is 2.57 bits per heavy atom. The number of carboxylic acids is 1. The number of unbranched alkanes of at least 4 members (excludes halogenated alkanes) is 1. The first-order chi connectivity index (χ1) is 14.1. The molecule has 0 aliphatic heterocycles. The second kappa shape index (κ2) is 12.7. The molecule has 7 N–H and O–H groups in total. The van der Waals surface area contributed by atoms with Crippen molar-refractivity contribution < 1.29 is 18.3 Å². The standard InChI is InChI=1S/C14H21N3O2S.C6H14N2O2/c1-15-20(18,19)10-11-4-5-14-13(8-11)12(9-16-14)6-7-17(2)3;7-4-2-1-3-5(8)6(9)10/h4-5,8-9,15-16H,6-7,10H2,1-3H3;5H,1-4,7-8H2,(H,9,10)/t;5-/m.0/s1. The highest BCUT2D eigenvalue weighted by atomic mass is 32.2. The largest absolute Gasteiger partial charge is 0.480 e. The zero-order valence-electron chi connectivity index (χ0n) is 18.0. The molecule has 2 rings (SSSR count). The van der Waals surface area contributed by atoms with Gasteiger partial charge in [0.2, 0.25) is 10.0 Å². The fourth-order valence-electron chi connectivity index (χ4n) is 2.79. The molecule has 170 valence electrons. The number of likely N-dealkylation sites (N-methyl/N-ethyl adjacent to an activating group) is 1. The Morgan fingerprint density at radius 1 is 1.30 bits per heavy atom. The third kappa shape index (κ3) is 9.23. The Hall–Kier alpha value is -1.98. The van der Waals surface area contributed by atoms with Gasteiger partial charge in [-0.3, -0.25) is 4.79 Å². The number of H-pyrrole nitrogens is 1. The van der Waals surface area contributed by atoms with Crippen LogP contribution in [0.25, 0.3) is 10.9 Å². The number of carbonyl (C=O) groups is 1. The Kier molecular flexibility index (Phi) is 11.0. The van der Waals surface area contributed by atoms with Gasteiger partial charge in [-0.2, -0.15) is 0 Å². The van der Waals surface area contributed by atoms with Gasteiger partial charge in [-0.1, -0.05) is 12.5 Å². The van der Waals surface area contributed by atoms with Crippen molar-refractivity contribution in [1.82, 2.24) is 14.6 Å². The van der Waals surface area contributed by atoms with Crippen LogP contribution >= 0.6 is 0 Å². The summed E-state index contributed by atoms with van der Waals surface area (Å²) in [5.74, 6) is -0.922. The van der Waals surface area contributed by atoms with Crippen molar-refractivity contribution in [3.63, 3.8) is 0 Å². The summed E-state index contributed by atoms with van der Waals surface area (Å²) < 4.78 is 25.6. The maximum absolute atomic E-state index is 11.6. The highest BCUT2D eigenvalue weighted by molar-refractivity contribution is 7.88. The van der Waals surface area contributed by atoms with Gasteiger partial charge in [0.05, 0.1) is 5.75 Å². The average Bonchev–Trinajstić information content (AvgIpc) is 3.09. The van der Waals surface area contributed by atoms with Crippen molar-refractivity contribution in [2.75, 3.05) is 34.2 Å². The Bertz CT molecular complexity index is 896. The molecule has 0 amide bonds. The Balaban J connectivity index is 0.000000382. The van der Waals surface area contributed by atoms with Crippen molar-refractivity contribution >= 4 is 26.9 Å². The van der Waals surface area contributed by atoms with Gasteiger partial charge in [0, 0.05) is 23.6 Å². The summed E-state index contributed by atoms with van der Waals surface area (Å²) in [6.45, 7) is 1.57. The summed E-state index contributed by atoms with van der Waals surface area (Å²) in [6, 6.07) is 5.04. The van der Waals surface area contributed by atoms with Crippen molar-refractivity contribution in [3.8, 4) is 0 Å². The van der Waals surface area contributed by atoms with Crippen LogP contribution in [0, 0.1) is 0 Å². The predicted molar refractivity (Wildman–Crippen MR) is 121 cm³/mol. The third-order valence-electron chi connectivity index (χ3n) is 4.61. The normalized spacial score (nSPS) is 12.6. The Labute approximate surface area is 178 Å². The van der Waals surface area contributed by atoms with E-state index in [0.717, 1.165) is 42.3 Å². The number of benzene rings is 1. The highest BCUT2D eigenvalue weighted by Gasteiger charge is 2.11. The predicted octanol–water partition coefficient (Wildman–Crippen LogP) is 0.849. The van der Waals surface area contributed by atoms with Crippen molar-refractivity contribution in [2.45, 2.75) is 37.5 Å². The van der Waals surface area contributed by atoms with E-state index in [-0.39, 0.29) is 5.75 Å². The number of fused-ring (bicyclic) bond motifs is 1. The molecule has 0 spiro atoms. The summed E-state index contributed by atoms with van der Waals surface area (Å²) in [5.41, 5.74) is 13.5. The smallest absolute Gasteiger partial charge is 0.320 e. The fourth-order valence-corrected chi connectivity index (χ4v) is 3.55. The molecule has 0 radical (unpaired) electrons. The highest BCUT2D eigenvalue weighted by Crippen LogP contribution is 2.21. The van der Waals surface area contributed by atoms with E-state index in [4.69, 9.17) is 16.6 Å². The van der Waals surface area contributed by atoms with Crippen LogP contribution < -0.4 is 16.2 Å². The molecule has 10 heteroatoms. The number of nitrogens with one attached hydrogen (secondary N) is 2.